The summed E-state index contributed by atoms with van der Waals surface area (Å²) >= 11 is 0. The van der Waals surface area contributed by atoms with Gasteiger partial charge in [0.05, 0.1) is 22.9 Å². The Morgan fingerprint density at radius 1 is 0.638 bits per heavy atom. The van der Waals surface area contributed by atoms with E-state index in [1.807, 2.05) is 48.9 Å². The largest absolute Gasteiger partial charge is 0.457 e. The van der Waals surface area contributed by atoms with Crippen LogP contribution in [0, 0.1) is 0 Å². The van der Waals surface area contributed by atoms with Crippen molar-refractivity contribution in [2.24, 2.45) is 0 Å². The maximum absolute atomic E-state index is 6.56. The van der Waals surface area contributed by atoms with E-state index in [1.54, 1.807) is 0 Å². The fourth-order valence-electron chi connectivity index (χ4n) is 7.62. The minimum atomic E-state index is -0.285. The Morgan fingerprint density at radius 3 is 2.34 bits per heavy atom. The number of pyridine rings is 2. The Bertz CT molecular complexity index is 2740. The maximum atomic E-state index is 6.56. The molecule has 0 spiro atoms. The number of hydrogen-bond acceptors (Lipinski definition) is 4. The highest BCUT2D eigenvalue weighted by Crippen LogP contribution is 2.51. The van der Waals surface area contributed by atoms with Crippen molar-refractivity contribution in [1.82, 2.24) is 18.9 Å². The van der Waals surface area contributed by atoms with Crippen LogP contribution in [0.5, 0.6) is 23.0 Å². The zero-order chi connectivity index (χ0) is 31.3. The molecule has 47 heavy (non-hydrogen) atoms. The molecule has 4 aromatic heterocycles. The molecule has 0 bridgehead atoms. The van der Waals surface area contributed by atoms with Crippen LogP contribution < -0.4 is 9.47 Å². The highest BCUT2D eigenvalue weighted by molar-refractivity contribution is 6.12. The van der Waals surface area contributed by atoms with Gasteiger partial charge in [0.15, 0.2) is 5.75 Å². The number of ether oxygens (including phenoxy) is 2. The number of hydrogen-bond donors (Lipinski definition) is 0. The lowest BCUT2D eigenvalue weighted by Gasteiger charge is -2.34. The molecular weight excluding hydrogens is 580 g/mol. The van der Waals surface area contributed by atoms with E-state index >= 15 is 0 Å². The van der Waals surface area contributed by atoms with Gasteiger partial charge in [-0.15, -0.1) is 0 Å². The van der Waals surface area contributed by atoms with Gasteiger partial charge in [0.25, 0.3) is 0 Å². The molecule has 0 unspecified atom stereocenters. The van der Waals surface area contributed by atoms with E-state index in [4.69, 9.17) is 19.4 Å². The van der Waals surface area contributed by atoms with E-state index in [-0.39, 0.29) is 5.41 Å². The van der Waals surface area contributed by atoms with Gasteiger partial charge in [0.1, 0.15) is 28.5 Å². The van der Waals surface area contributed by atoms with E-state index in [0.29, 0.717) is 0 Å². The number of fused-ring (bicyclic) bond motifs is 12. The van der Waals surface area contributed by atoms with Gasteiger partial charge in [-0.2, -0.15) is 0 Å². The standard InChI is InChI=1S/C41H28N4O2/c1-41(2)32-14-5-8-17-35(32)47-36-24-43-40-37(38(36)41)30-13-4-7-16-34(30)45(40)25-10-9-11-26(22-25)46-27-18-19-28-29-12-3-6-15-33(29)44-21-20-42-39(44)31(28)23-27/h3-24H,1-2H3. The first-order chi connectivity index (χ1) is 23.1. The third-order valence-corrected chi connectivity index (χ3v) is 9.69. The van der Waals surface area contributed by atoms with Gasteiger partial charge in [-0.1, -0.05) is 74.5 Å². The van der Waals surface area contributed by atoms with Gasteiger partial charge >= 0.3 is 0 Å². The van der Waals surface area contributed by atoms with Crippen molar-refractivity contribution in [3.8, 4) is 28.7 Å². The molecule has 1 aliphatic rings. The normalized spacial score (nSPS) is 13.7. The first kappa shape index (κ1) is 26.1. The Hall–Kier alpha value is -6.14. The highest BCUT2D eigenvalue weighted by atomic mass is 16.5. The lowest BCUT2D eigenvalue weighted by atomic mass is 9.74. The second-order valence-corrected chi connectivity index (χ2v) is 12.7. The van der Waals surface area contributed by atoms with E-state index in [2.05, 4.69) is 108 Å². The van der Waals surface area contributed by atoms with Crippen LogP contribution in [0.4, 0.5) is 0 Å². The SMILES string of the molecule is CC1(C)c2ccccc2Oc2cnc3c(c21)c1ccccc1n3-c1cccc(Oc2ccc3c4ccccc4n4ccnc4c3c2)c1. The van der Waals surface area contributed by atoms with Gasteiger partial charge in [-0.3, -0.25) is 8.97 Å². The molecule has 6 nitrogen and oxygen atoms in total. The minimum Gasteiger partial charge on any atom is -0.457 e. The van der Waals surface area contributed by atoms with Gasteiger partial charge in [-0.05, 0) is 53.9 Å². The number of imidazole rings is 1. The molecule has 0 N–H and O–H groups in total. The van der Waals surface area contributed by atoms with E-state index < -0.39 is 0 Å². The summed E-state index contributed by atoms with van der Waals surface area (Å²) < 4.78 is 17.4. The van der Waals surface area contributed by atoms with E-state index in [1.165, 1.54) is 10.9 Å². The van der Waals surface area contributed by atoms with Crippen molar-refractivity contribution in [3.63, 3.8) is 0 Å². The fraction of sp³-hybridized carbons (Fsp3) is 0.0732. The summed E-state index contributed by atoms with van der Waals surface area (Å²) in [5.74, 6) is 3.18. The number of benzene rings is 5. The Kier molecular flexibility index (Phi) is 5.24. The molecule has 0 fully saturated rings. The molecule has 0 amide bonds. The minimum absolute atomic E-state index is 0.285. The van der Waals surface area contributed by atoms with Crippen molar-refractivity contribution in [2.75, 3.05) is 0 Å². The topological polar surface area (TPSA) is 53.6 Å². The molecule has 5 heterocycles. The summed E-state index contributed by atoms with van der Waals surface area (Å²) in [6.45, 7) is 4.55. The number of rotatable bonds is 3. The van der Waals surface area contributed by atoms with Gasteiger partial charge in [0.2, 0.25) is 0 Å². The third kappa shape index (κ3) is 3.66. The lowest BCUT2D eigenvalue weighted by molar-refractivity contribution is 0.419. The maximum Gasteiger partial charge on any atom is 0.150 e. The number of aromatic nitrogens is 4. The van der Waals surface area contributed by atoms with Crippen LogP contribution in [0.3, 0.4) is 0 Å². The zero-order valence-corrected chi connectivity index (χ0v) is 25.8. The molecule has 6 heteroatoms. The zero-order valence-electron chi connectivity index (χ0n) is 25.8. The third-order valence-electron chi connectivity index (χ3n) is 9.69. The molecule has 0 aliphatic carbocycles. The van der Waals surface area contributed by atoms with Gasteiger partial charge in [0, 0.05) is 56.5 Å². The van der Waals surface area contributed by atoms with Gasteiger partial charge < -0.3 is 9.47 Å². The van der Waals surface area contributed by atoms with Crippen LogP contribution in [0.1, 0.15) is 25.0 Å². The second-order valence-electron chi connectivity index (χ2n) is 12.7. The molecule has 5 aromatic carbocycles. The molecule has 224 valence electrons. The highest BCUT2D eigenvalue weighted by Gasteiger charge is 2.37. The average molecular weight is 609 g/mol. The molecule has 1 aliphatic heterocycles. The molecular formula is C41H28N4O2. The van der Waals surface area contributed by atoms with Crippen LogP contribution >= 0.6 is 0 Å². The Balaban J connectivity index is 1.12. The molecule has 0 saturated heterocycles. The van der Waals surface area contributed by atoms with Crippen LogP contribution in [0.2, 0.25) is 0 Å². The first-order valence-electron chi connectivity index (χ1n) is 15.8. The summed E-state index contributed by atoms with van der Waals surface area (Å²) in [6.07, 6.45) is 5.73. The molecule has 9 aromatic rings. The van der Waals surface area contributed by atoms with Gasteiger partial charge in [-0.25, -0.2) is 9.97 Å². The Morgan fingerprint density at radius 2 is 1.43 bits per heavy atom. The molecule has 0 atom stereocenters. The van der Waals surface area contributed by atoms with E-state index in [0.717, 1.165) is 78.1 Å². The Labute approximate surface area is 270 Å². The predicted octanol–water partition coefficient (Wildman–Crippen LogP) is 10.4. The van der Waals surface area contributed by atoms with E-state index in [9.17, 15) is 0 Å². The molecule has 10 rings (SSSR count). The second kappa shape index (κ2) is 9.44. The number of para-hydroxylation sites is 3. The monoisotopic (exact) mass is 608 g/mol. The predicted molar refractivity (Wildman–Crippen MR) is 187 cm³/mol. The summed E-state index contributed by atoms with van der Waals surface area (Å²) in [6, 6.07) is 39.7. The summed E-state index contributed by atoms with van der Waals surface area (Å²) in [5.41, 5.74) is 7.01. The quantitative estimate of drug-likeness (QED) is 0.187. The van der Waals surface area contributed by atoms with Crippen molar-refractivity contribution in [3.05, 3.63) is 145 Å². The van der Waals surface area contributed by atoms with Crippen LogP contribution in [0.15, 0.2) is 134 Å². The summed E-state index contributed by atoms with van der Waals surface area (Å²) in [4.78, 5) is 9.72. The first-order valence-corrected chi connectivity index (χ1v) is 15.8. The van der Waals surface area contributed by atoms with Crippen molar-refractivity contribution < 1.29 is 9.47 Å². The summed E-state index contributed by atoms with van der Waals surface area (Å²) in [7, 11) is 0. The molecule has 0 saturated carbocycles. The summed E-state index contributed by atoms with van der Waals surface area (Å²) in [5, 5.41) is 5.62. The van der Waals surface area contributed by atoms with Crippen molar-refractivity contribution in [2.45, 2.75) is 19.3 Å². The average Bonchev–Trinajstić information content (AvgIpc) is 3.72. The number of nitrogens with zero attached hydrogens (tertiary/aromatic N) is 4. The van der Waals surface area contributed by atoms with Crippen LogP contribution in [-0.2, 0) is 5.41 Å². The van der Waals surface area contributed by atoms with Crippen molar-refractivity contribution in [1.29, 1.82) is 0 Å². The van der Waals surface area contributed by atoms with Crippen LogP contribution in [-0.4, -0.2) is 18.9 Å². The fourth-order valence-corrected chi connectivity index (χ4v) is 7.62. The van der Waals surface area contributed by atoms with Crippen LogP contribution in [0.25, 0.3) is 54.9 Å². The molecule has 0 radical (unpaired) electrons. The smallest absolute Gasteiger partial charge is 0.150 e. The van der Waals surface area contributed by atoms with Crippen molar-refractivity contribution >= 4 is 49.3 Å². The lowest BCUT2D eigenvalue weighted by Crippen LogP contribution is -2.24.